The fraction of sp³-hybridized carbons (Fsp3) is 0.429. The Labute approximate surface area is 179 Å². The summed E-state index contributed by atoms with van der Waals surface area (Å²) in [6, 6.07) is 7.07. The molecule has 8 nitrogen and oxygen atoms in total. The summed E-state index contributed by atoms with van der Waals surface area (Å²) in [5.41, 5.74) is 0.312. The molecule has 1 aromatic heterocycles. The molecule has 2 amide bonds. The first-order valence-electron chi connectivity index (χ1n) is 10.1. The highest BCUT2D eigenvalue weighted by Crippen LogP contribution is 2.32. The molecule has 30 heavy (non-hydrogen) atoms. The molecule has 2 aliphatic heterocycles. The zero-order chi connectivity index (χ0) is 21.4. The standard InChI is InChI=1S/C21H24ClN5O3/c1-11-4-3-5-12(2)27(11)21-25-18-17(20(30)26-21)15(10-16(28)24-18)19(29)23-14-8-6-13(22)7-9-14/h6-9,11-12,15H,3-5,10H2,1-2H3,(H,23,29)(H2,24,25,26,28,30)/t11-,12+,15-/m0/s1. The SMILES string of the molecule is C[C@@H]1CCC[C@H](C)N1c1nc2c(c(=O)[nH]1)[C@@H](C(=O)Nc1ccc(Cl)cc1)CC(=O)N2. The maximum Gasteiger partial charge on any atom is 0.258 e. The van der Waals surface area contributed by atoms with Crippen LogP contribution in [0.5, 0.6) is 0 Å². The molecule has 0 spiro atoms. The number of rotatable bonds is 3. The van der Waals surface area contributed by atoms with Gasteiger partial charge in [-0.25, -0.2) is 0 Å². The topological polar surface area (TPSA) is 107 Å². The number of carbonyl (C=O) groups is 2. The lowest BCUT2D eigenvalue weighted by molar-refractivity contribution is -0.123. The van der Waals surface area contributed by atoms with Gasteiger partial charge in [0.25, 0.3) is 5.56 Å². The number of piperidine rings is 1. The van der Waals surface area contributed by atoms with Gasteiger partial charge >= 0.3 is 0 Å². The van der Waals surface area contributed by atoms with Crippen LogP contribution in [0.3, 0.4) is 0 Å². The van der Waals surface area contributed by atoms with Crippen LogP contribution in [0, 0.1) is 0 Å². The van der Waals surface area contributed by atoms with E-state index in [4.69, 9.17) is 11.6 Å². The van der Waals surface area contributed by atoms with Crippen molar-refractivity contribution in [2.45, 2.75) is 57.5 Å². The second kappa shape index (κ2) is 8.10. The average molecular weight is 430 g/mol. The van der Waals surface area contributed by atoms with Crippen molar-refractivity contribution in [3.8, 4) is 0 Å². The first kappa shape index (κ1) is 20.4. The first-order valence-corrected chi connectivity index (χ1v) is 10.5. The number of halogens is 1. The second-order valence-electron chi connectivity index (χ2n) is 7.99. The molecular weight excluding hydrogens is 406 g/mol. The third-order valence-electron chi connectivity index (χ3n) is 5.80. The minimum Gasteiger partial charge on any atom is -0.337 e. The molecule has 3 heterocycles. The Kier molecular flexibility index (Phi) is 5.51. The lowest BCUT2D eigenvalue weighted by atomic mass is 9.92. The highest BCUT2D eigenvalue weighted by molar-refractivity contribution is 6.30. The summed E-state index contributed by atoms with van der Waals surface area (Å²) in [7, 11) is 0. The van der Waals surface area contributed by atoms with E-state index in [0.717, 1.165) is 19.3 Å². The van der Waals surface area contributed by atoms with Gasteiger partial charge in [0.15, 0.2) is 0 Å². The van der Waals surface area contributed by atoms with Gasteiger partial charge in [0.1, 0.15) is 5.82 Å². The summed E-state index contributed by atoms with van der Waals surface area (Å²) in [4.78, 5) is 47.6. The highest BCUT2D eigenvalue weighted by atomic mass is 35.5. The Bertz CT molecular complexity index is 1030. The van der Waals surface area contributed by atoms with Crippen LogP contribution in [0.25, 0.3) is 0 Å². The number of carbonyl (C=O) groups excluding carboxylic acids is 2. The van der Waals surface area contributed by atoms with Crippen molar-refractivity contribution < 1.29 is 9.59 Å². The van der Waals surface area contributed by atoms with E-state index < -0.39 is 17.4 Å². The van der Waals surface area contributed by atoms with Gasteiger partial charge in [-0.15, -0.1) is 0 Å². The van der Waals surface area contributed by atoms with Gasteiger partial charge in [-0.2, -0.15) is 4.98 Å². The highest BCUT2D eigenvalue weighted by Gasteiger charge is 2.36. The molecule has 1 aromatic carbocycles. The molecule has 0 radical (unpaired) electrons. The molecule has 1 fully saturated rings. The molecule has 0 unspecified atom stereocenters. The third-order valence-corrected chi connectivity index (χ3v) is 6.06. The molecular formula is C21H24ClN5O3. The molecule has 0 saturated carbocycles. The number of aromatic nitrogens is 2. The summed E-state index contributed by atoms with van der Waals surface area (Å²) in [5, 5.41) is 5.97. The number of hydrogen-bond acceptors (Lipinski definition) is 5. The van der Waals surface area contributed by atoms with Crippen LogP contribution in [0.2, 0.25) is 5.02 Å². The normalized spacial score (nSPS) is 23.5. The molecule has 4 rings (SSSR count). The van der Waals surface area contributed by atoms with Crippen LogP contribution in [0.15, 0.2) is 29.1 Å². The van der Waals surface area contributed by atoms with Crippen molar-refractivity contribution >= 4 is 40.9 Å². The lowest BCUT2D eigenvalue weighted by Crippen LogP contribution is -2.46. The Hall–Kier alpha value is -2.87. The maximum absolute atomic E-state index is 13.0. The number of H-pyrrole nitrogens is 1. The van der Waals surface area contributed by atoms with Crippen molar-refractivity contribution in [1.29, 1.82) is 0 Å². The molecule has 3 atom stereocenters. The summed E-state index contributed by atoms with van der Waals surface area (Å²) < 4.78 is 0. The molecule has 1 saturated heterocycles. The summed E-state index contributed by atoms with van der Waals surface area (Å²) in [6.45, 7) is 4.19. The fourth-order valence-electron chi connectivity index (χ4n) is 4.31. The van der Waals surface area contributed by atoms with Crippen LogP contribution in [0.4, 0.5) is 17.5 Å². The number of nitrogens with one attached hydrogen (secondary N) is 3. The molecule has 3 N–H and O–H groups in total. The van der Waals surface area contributed by atoms with Crippen LogP contribution in [-0.4, -0.2) is 33.9 Å². The summed E-state index contributed by atoms with van der Waals surface area (Å²) in [5.74, 6) is -1.12. The maximum atomic E-state index is 13.0. The molecule has 9 heteroatoms. The molecule has 2 aliphatic rings. The van der Waals surface area contributed by atoms with E-state index in [1.807, 2.05) is 0 Å². The minimum atomic E-state index is -0.925. The van der Waals surface area contributed by atoms with Gasteiger partial charge < -0.3 is 15.5 Å². The van der Waals surface area contributed by atoms with Crippen LogP contribution < -0.4 is 21.1 Å². The van der Waals surface area contributed by atoms with E-state index in [0.29, 0.717) is 16.7 Å². The van der Waals surface area contributed by atoms with Crippen molar-refractivity contribution in [3.05, 3.63) is 45.2 Å². The monoisotopic (exact) mass is 429 g/mol. The lowest BCUT2D eigenvalue weighted by Gasteiger charge is -2.39. The van der Waals surface area contributed by atoms with E-state index in [-0.39, 0.29) is 35.8 Å². The zero-order valence-electron chi connectivity index (χ0n) is 16.9. The average Bonchev–Trinajstić information content (AvgIpc) is 2.68. The number of aromatic amines is 1. The van der Waals surface area contributed by atoms with Gasteiger partial charge in [-0.3, -0.25) is 19.4 Å². The predicted molar refractivity (Wildman–Crippen MR) is 116 cm³/mol. The smallest absolute Gasteiger partial charge is 0.258 e. The van der Waals surface area contributed by atoms with Gasteiger partial charge in [0, 0.05) is 29.2 Å². The van der Waals surface area contributed by atoms with Crippen molar-refractivity contribution in [1.82, 2.24) is 9.97 Å². The third kappa shape index (κ3) is 3.92. The van der Waals surface area contributed by atoms with Gasteiger partial charge in [0.2, 0.25) is 17.8 Å². The Morgan fingerprint density at radius 2 is 1.83 bits per heavy atom. The summed E-state index contributed by atoms with van der Waals surface area (Å²) in [6.07, 6.45) is 3.01. The van der Waals surface area contributed by atoms with E-state index in [1.54, 1.807) is 24.3 Å². The summed E-state index contributed by atoms with van der Waals surface area (Å²) >= 11 is 5.88. The van der Waals surface area contributed by atoms with Crippen LogP contribution in [-0.2, 0) is 9.59 Å². The number of amides is 2. The Morgan fingerprint density at radius 1 is 1.17 bits per heavy atom. The van der Waals surface area contributed by atoms with E-state index in [9.17, 15) is 14.4 Å². The van der Waals surface area contributed by atoms with Gasteiger partial charge in [-0.1, -0.05) is 11.6 Å². The second-order valence-corrected chi connectivity index (χ2v) is 8.43. The van der Waals surface area contributed by atoms with Crippen molar-refractivity contribution in [2.75, 3.05) is 15.5 Å². The first-order chi connectivity index (χ1) is 14.3. The van der Waals surface area contributed by atoms with Gasteiger partial charge in [0.05, 0.1) is 11.5 Å². The predicted octanol–water partition coefficient (Wildman–Crippen LogP) is 3.26. The Morgan fingerprint density at radius 3 is 2.50 bits per heavy atom. The van der Waals surface area contributed by atoms with E-state index in [2.05, 4.69) is 39.3 Å². The number of anilines is 3. The number of hydrogen-bond donors (Lipinski definition) is 3. The fourth-order valence-corrected chi connectivity index (χ4v) is 4.43. The van der Waals surface area contributed by atoms with E-state index in [1.165, 1.54) is 0 Å². The quantitative estimate of drug-likeness (QED) is 0.694. The molecule has 0 bridgehead atoms. The van der Waals surface area contributed by atoms with Crippen molar-refractivity contribution in [3.63, 3.8) is 0 Å². The number of benzene rings is 1. The zero-order valence-corrected chi connectivity index (χ0v) is 17.6. The molecule has 2 aromatic rings. The minimum absolute atomic E-state index is 0.118. The molecule has 158 valence electrons. The van der Waals surface area contributed by atoms with Crippen molar-refractivity contribution in [2.24, 2.45) is 0 Å². The number of fused-ring (bicyclic) bond motifs is 1. The molecule has 0 aliphatic carbocycles. The largest absolute Gasteiger partial charge is 0.337 e. The Balaban J connectivity index is 1.67. The van der Waals surface area contributed by atoms with Gasteiger partial charge in [-0.05, 0) is 57.4 Å². The van der Waals surface area contributed by atoms with Crippen LogP contribution >= 0.6 is 11.6 Å². The van der Waals surface area contributed by atoms with E-state index >= 15 is 0 Å². The number of nitrogens with zero attached hydrogens (tertiary/aromatic N) is 2. The van der Waals surface area contributed by atoms with Crippen LogP contribution in [0.1, 0.15) is 51.0 Å².